The molecule has 0 saturated carbocycles. The Balaban J connectivity index is 1.48. The van der Waals surface area contributed by atoms with Crippen molar-refractivity contribution in [3.8, 4) is 0 Å². The van der Waals surface area contributed by atoms with E-state index < -0.39 is 7.80 Å². The molecule has 0 fully saturated rings. The van der Waals surface area contributed by atoms with Crippen molar-refractivity contribution in [1.82, 2.24) is 0 Å². The van der Waals surface area contributed by atoms with E-state index in [1.54, 1.807) is 22.7 Å². The summed E-state index contributed by atoms with van der Waals surface area (Å²) in [5.41, 5.74) is 0. The summed E-state index contributed by atoms with van der Waals surface area (Å²) in [5.74, 6) is 0. The van der Waals surface area contributed by atoms with Crippen molar-refractivity contribution in [3.05, 3.63) is 84.9 Å². The minimum Gasteiger partial charge on any atom is -0.277 e. The largest absolute Gasteiger partial charge is 0.277 e. The number of rotatable bonds is 2. The molecule has 0 atom stereocenters. The van der Waals surface area contributed by atoms with Crippen molar-refractivity contribution in [2.24, 2.45) is 0 Å². The van der Waals surface area contributed by atoms with Crippen LogP contribution in [0.25, 0.3) is 40.3 Å². The van der Waals surface area contributed by atoms with Gasteiger partial charge in [-0.1, -0.05) is 48.5 Å². The first-order valence-corrected chi connectivity index (χ1v) is 12.0. The molecule has 28 heavy (non-hydrogen) atoms. The van der Waals surface area contributed by atoms with Crippen molar-refractivity contribution in [2.45, 2.75) is 0 Å². The van der Waals surface area contributed by atoms with Gasteiger partial charge in [0.1, 0.15) is 7.80 Å². The van der Waals surface area contributed by atoms with Crippen molar-refractivity contribution in [1.29, 1.82) is 0 Å². The summed E-state index contributed by atoms with van der Waals surface area (Å²) in [5, 5.41) is 6.83. The second-order valence-electron chi connectivity index (χ2n) is 6.85. The van der Waals surface area contributed by atoms with E-state index in [1.807, 2.05) is 12.1 Å². The molecular weight excluding hydrogens is 399 g/mol. The molecule has 6 rings (SSSR count). The molecule has 0 aliphatic rings. The summed E-state index contributed by atoms with van der Waals surface area (Å²) in [7, 11) is -1.61. The van der Waals surface area contributed by atoms with Gasteiger partial charge >= 0.3 is 0 Å². The molecule has 4 aromatic carbocycles. The highest BCUT2D eigenvalue weighted by Crippen LogP contribution is 2.36. The zero-order chi connectivity index (χ0) is 18.7. The summed E-state index contributed by atoms with van der Waals surface area (Å²) in [6.45, 7) is 0. The topological polar surface area (TPSA) is 17.1 Å². The van der Waals surface area contributed by atoms with E-state index in [2.05, 4.69) is 72.8 Å². The Morgan fingerprint density at radius 1 is 0.500 bits per heavy atom. The molecule has 2 heterocycles. The number of hydrogen-bond acceptors (Lipinski definition) is 3. The smallest absolute Gasteiger partial charge is 0.136 e. The predicted molar refractivity (Wildman–Crippen MR) is 126 cm³/mol. The molecule has 1 radical (unpaired) electrons. The third kappa shape index (κ3) is 2.44. The Hall–Kier alpha value is -2.58. The summed E-state index contributed by atoms with van der Waals surface area (Å²) in [6.07, 6.45) is 0. The third-order valence-corrected chi connectivity index (χ3v) is 8.96. The van der Waals surface area contributed by atoms with Crippen LogP contribution in [0.2, 0.25) is 0 Å². The highest BCUT2D eigenvalue weighted by Gasteiger charge is 2.13. The minimum atomic E-state index is -1.61. The molecular formula is C24H14OPS2. The average molecular weight is 413 g/mol. The molecule has 0 bridgehead atoms. The van der Waals surface area contributed by atoms with Crippen LogP contribution < -0.4 is 10.6 Å². The van der Waals surface area contributed by atoms with Crippen LogP contribution in [0.4, 0.5) is 0 Å². The Morgan fingerprint density at radius 2 is 0.929 bits per heavy atom. The van der Waals surface area contributed by atoms with E-state index >= 15 is 0 Å². The molecule has 0 saturated heterocycles. The Labute approximate surface area is 170 Å². The molecule has 0 amide bonds. The summed E-state index contributed by atoms with van der Waals surface area (Å²) >= 11 is 3.54. The van der Waals surface area contributed by atoms with E-state index in [0.717, 1.165) is 10.6 Å². The molecule has 133 valence electrons. The maximum Gasteiger partial charge on any atom is 0.136 e. The highest BCUT2D eigenvalue weighted by molar-refractivity contribution is 7.61. The number of thiophene rings is 2. The molecule has 4 heteroatoms. The second kappa shape index (κ2) is 6.22. The van der Waals surface area contributed by atoms with Gasteiger partial charge in [-0.2, -0.15) is 0 Å². The van der Waals surface area contributed by atoms with Gasteiger partial charge in [0.15, 0.2) is 0 Å². The van der Waals surface area contributed by atoms with E-state index in [4.69, 9.17) is 0 Å². The first-order chi connectivity index (χ1) is 13.8. The standard InChI is InChI=1S/C24H14OPS2/c25-26(15-9-11-19-17-5-1-3-7-21(17)27-23(19)13-15)16-10-12-20-18-6-2-4-8-22(18)28-24(20)14-16/h1-14H. The fourth-order valence-corrected chi connectivity index (χ4v) is 7.51. The Morgan fingerprint density at radius 3 is 1.43 bits per heavy atom. The van der Waals surface area contributed by atoms with Gasteiger partial charge in [0.25, 0.3) is 0 Å². The van der Waals surface area contributed by atoms with Gasteiger partial charge < -0.3 is 0 Å². The van der Waals surface area contributed by atoms with E-state index in [1.165, 1.54) is 40.3 Å². The third-order valence-electron chi connectivity index (χ3n) is 5.19. The van der Waals surface area contributed by atoms with Gasteiger partial charge in [0, 0.05) is 51.0 Å². The van der Waals surface area contributed by atoms with Crippen LogP contribution in [0, 0.1) is 0 Å². The van der Waals surface area contributed by atoms with Crippen LogP contribution in [-0.4, -0.2) is 0 Å². The maximum atomic E-state index is 13.3. The van der Waals surface area contributed by atoms with Gasteiger partial charge in [0.05, 0.1) is 0 Å². The van der Waals surface area contributed by atoms with Gasteiger partial charge in [-0.25, -0.2) is 0 Å². The van der Waals surface area contributed by atoms with Crippen LogP contribution in [0.15, 0.2) is 84.9 Å². The van der Waals surface area contributed by atoms with Gasteiger partial charge in [0.2, 0.25) is 0 Å². The van der Waals surface area contributed by atoms with E-state index in [-0.39, 0.29) is 0 Å². The molecule has 0 N–H and O–H groups in total. The van der Waals surface area contributed by atoms with E-state index in [0.29, 0.717) is 0 Å². The van der Waals surface area contributed by atoms with Crippen molar-refractivity contribution in [2.75, 3.05) is 0 Å². The molecule has 0 spiro atoms. The maximum absolute atomic E-state index is 13.3. The summed E-state index contributed by atoms with van der Waals surface area (Å²) in [6, 6.07) is 29.4. The minimum absolute atomic E-state index is 0.898. The summed E-state index contributed by atoms with van der Waals surface area (Å²) in [4.78, 5) is 0. The SMILES string of the molecule is O=[P](c1ccc2c(c1)sc1ccccc12)c1ccc2c(c1)sc1ccccc12. The predicted octanol–water partition coefficient (Wildman–Crippen LogP) is 7.20. The molecule has 0 aliphatic heterocycles. The van der Waals surface area contributed by atoms with Crippen LogP contribution in [-0.2, 0) is 4.57 Å². The van der Waals surface area contributed by atoms with E-state index in [9.17, 15) is 4.57 Å². The lowest BCUT2D eigenvalue weighted by molar-refractivity contribution is 0.598. The molecule has 0 aliphatic carbocycles. The normalized spacial score (nSPS) is 11.7. The summed E-state index contributed by atoms with van der Waals surface area (Å²) < 4.78 is 18.3. The van der Waals surface area contributed by atoms with Gasteiger partial charge in [-0.15, -0.1) is 22.7 Å². The van der Waals surface area contributed by atoms with Crippen molar-refractivity contribution < 1.29 is 4.57 Å². The monoisotopic (exact) mass is 413 g/mol. The molecule has 0 unspecified atom stereocenters. The number of fused-ring (bicyclic) bond motifs is 6. The first-order valence-electron chi connectivity index (χ1n) is 9.08. The van der Waals surface area contributed by atoms with Crippen LogP contribution in [0.1, 0.15) is 0 Å². The lowest BCUT2D eigenvalue weighted by atomic mass is 10.1. The number of benzene rings is 4. The van der Waals surface area contributed by atoms with Crippen molar-refractivity contribution >= 4 is 81.4 Å². The Bertz CT molecular complexity index is 1420. The van der Waals surface area contributed by atoms with Crippen LogP contribution in [0.5, 0.6) is 0 Å². The molecule has 1 nitrogen and oxygen atoms in total. The lowest BCUT2D eigenvalue weighted by Crippen LogP contribution is -2.05. The zero-order valence-corrected chi connectivity index (χ0v) is 17.3. The fourth-order valence-electron chi connectivity index (χ4n) is 3.83. The van der Waals surface area contributed by atoms with Crippen LogP contribution in [0.3, 0.4) is 0 Å². The zero-order valence-electron chi connectivity index (χ0n) is 14.8. The Kier molecular flexibility index (Phi) is 3.64. The average Bonchev–Trinajstić information content (AvgIpc) is 3.30. The van der Waals surface area contributed by atoms with Gasteiger partial charge in [-0.3, -0.25) is 4.57 Å². The van der Waals surface area contributed by atoms with Crippen LogP contribution >= 0.6 is 30.5 Å². The van der Waals surface area contributed by atoms with Crippen molar-refractivity contribution in [3.63, 3.8) is 0 Å². The lowest BCUT2D eigenvalue weighted by Gasteiger charge is -2.03. The second-order valence-corrected chi connectivity index (χ2v) is 10.6. The number of hydrogen-bond donors (Lipinski definition) is 0. The molecule has 2 aromatic heterocycles. The fraction of sp³-hybridized carbons (Fsp3) is 0. The first kappa shape index (κ1) is 16.4. The molecule has 6 aromatic rings. The van der Waals surface area contributed by atoms with Gasteiger partial charge in [-0.05, 0) is 36.4 Å². The highest BCUT2D eigenvalue weighted by atomic mass is 32.1. The quantitative estimate of drug-likeness (QED) is 0.274.